The molecular weight excluding hydrogens is 382 g/mol. The number of ether oxygens (including phenoxy) is 1. The molecule has 1 aromatic heterocycles. The van der Waals surface area contributed by atoms with Gasteiger partial charge in [0.2, 0.25) is 5.43 Å². The molecule has 154 valence electrons. The second kappa shape index (κ2) is 7.48. The predicted molar refractivity (Wildman–Crippen MR) is 115 cm³/mol. The van der Waals surface area contributed by atoms with Crippen molar-refractivity contribution >= 4 is 33.9 Å². The van der Waals surface area contributed by atoms with Gasteiger partial charge in [-0.2, -0.15) is 0 Å². The second-order valence-corrected chi connectivity index (χ2v) is 7.85. The summed E-state index contributed by atoms with van der Waals surface area (Å²) in [4.78, 5) is 32.3. The third kappa shape index (κ3) is 3.30. The predicted octanol–water partition coefficient (Wildman–Crippen LogP) is 2.63. The minimum atomic E-state index is -0.495. The molecular formula is C23H23N3O4. The van der Waals surface area contributed by atoms with Crippen molar-refractivity contribution < 1.29 is 13.9 Å². The summed E-state index contributed by atoms with van der Waals surface area (Å²) in [7, 11) is 0. The van der Waals surface area contributed by atoms with Crippen LogP contribution in [0.4, 0.5) is 0 Å². The molecule has 2 atom stereocenters. The van der Waals surface area contributed by atoms with Crippen LogP contribution in [0.15, 0.2) is 56.7 Å². The van der Waals surface area contributed by atoms with E-state index in [0.29, 0.717) is 35.0 Å². The number of carbonyl (C=O) groups excluding carboxylic acids is 1. The standard InChI is InChI=1S/C23H23N3O4/c1-14(22(28)29-16-12-25-23-24-9-4-10-26(23)13-16)15-7-8-20-18(11-15)21(27)17-5-2-3-6-19(17)30-20/h2-3,5-8,11,14,16H,4,9-10,12-13H2,1H3,(H,24,25). The molecule has 0 aliphatic carbocycles. The summed E-state index contributed by atoms with van der Waals surface area (Å²) >= 11 is 0. The van der Waals surface area contributed by atoms with E-state index in [2.05, 4.69) is 15.2 Å². The Morgan fingerprint density at radius 1 is 1.23 bits per heavy atom. The number of nitrogens with one attached hydrogen (secondary N) is 1. The zero-order valence-electron chi connectivity index (χ0n) is 16.8. The van der Waals surface area contributed by atoms with E-state index < -0.39 is 5.92 Å². The molecule has 2 aliphatic heterocycles. The molecule has 7 heteroatoms. The van der Waals surface area contributed by atoms with E-state index in [0.717, 1.165) is 31.0 Å². The topological polar surface area (TPSA) is 84.1 Å². The molecule has 3 heterocycles. The summed E-state index contributed by atoms with van der Waals surface area (Å²) in [6.45, 7) is 4.76. The summed E-state index contributed by atoms with van der Waals surface area (Å²) < 4.78 is 11.6. The van der Waals surface area contributed by atoms with Gasteiger partial charge in [-0.1, -0.05) is 18.2 Å². The zero-order valence-corrected chi connectivity index (χ0v) is 16.8. The molecule has 0 bridgehead atoms. The molecule has 2 aromatic carbocycles. The number of para-hydroxylation sites is 1. The van der Waals surface area contributed by atoms with Crippen LogP contribution in [0, 0.1) is 0 Å². The lowest BCUT2D eigenvalue weighted by molar-refractivity contribution is -0.150. The first-order valence-corrected chi connectivity index (χ1v) is 10.3. The third-order valence-corrected chi connectivity index (χ3v) is 5.79. The molecule has 3 aromatic rings. The van der Waals surface area contributed by atoms with Crippen molar-refractivity contribution in [2.24, 2.45) is 4.99 Å². The van der Waals surface area contributed by atoms with Gasteiger partial charge in [0, 0.05) is 13.1 Å². The highest BCUT2D eigenvalue weighted by atomic mass is 16.5. The summed E-state index contributed by atoms with van der Waals surface area (Å²) in [5.74, 6) is 0.0911. The van der Waals surface area contributed by atoms with Gasteiger partial charge in [-0.3, -0.25) is 9.59 Å². The Kier molecular flexibility index (Phi) is 4.65. The molecule has 0 radical (unpaired) electrons. The zero-order chi connectivity index (χ0) is 20.7. The van der Waals surface area contributed by atoms with Crippen LogP contribution in [-0.4, -0.2) is 49.1 Å². The average Bonchev–Trinajstić information content (AvgIpc) is 2.78. The van der Waals surface area contributed by atoms with Crippen molar-refractivity contribution in [3.8, 4) is 0 Å². The van der Waals surface area contributed by atoms with Crippen LogP contribution in [0.5, 0.6) is 0 Å². The first-order valence-electron chi connectivity index (χ1n) is 10.3. The molecule has 0 amide bonds. The molecule has 1 fully saturated rings. The average molecular weight is 405 g/mol. The number of guanidine groups is 1. The van der Waals surface area contributed by atoms with Crippen molar-refractivity contribution in [2.45, 2.75) is 25.4 Å². The van der Waals surface area contributed by atoms with Gasteiger partial charge in [-0.15, -0.1) is 0 Å². The molecule has 0 spiro atoms. The largest absolute Gasteiger partial charge is 0.458 e. The van der Waals surface area contributed by atoms with Crippen LogP contribution < -0.4 is 10.7 Å². The fourth-order valence-corrected chi connectivity index (χ4v) is 4.08. The van der Waals surface area contributed by atoms with E-state index in [1.54, 1.807) is 31.2 Å². The Labute approximate surface area is 173 Å². The maximum absolute atomic E-state index is 12.9. The lowest BCUT2D eigenvalue weighted by Crippen LogP contribution is -2.54. The van der Waals surface area contributed by atoms with E-state index in [4.69, 9.17) is 9.15 Å². The quantitative estimate of drug-likeness (QED) is 0.533. The van der Waals surface area contributed by atoms with Crippen molar-refractivity contribution in [3.63, 3.8) is 0 Å². The maximum Gasteiger partial charge on any atom is 0.313 e. The van der Waals surface area contributed by atoms with Crippen LogP contribution in [-0.2, 0) is 9.53 Å². The number of esters is 1. The third-order valence-electron chi connectivity index (χ3n) is 5.79. The number of benzene rings is 2. The molecule has 1 N–H and O–H groups in total. The van der Waals surface area contributed by atoms with Crippen LogP contribution in [0.25, 0.3) is 21.9 Å². The van der Waals surface area contributed by atoms with E-state index >= 15 is 0 Å². The molecule has 2 unspecified atom stereocenters. The van der Waals surface area contributed by atoms with Crippen molar-refractivity contribution in [1.29, 1.82) is 0 Å². The number of nitrogens with zero attached hydrogens (tertiary/aromatic N) is 2. The molecule has 7 nitrogen and oxygen atoms in total. The van der Waals surface area contributed by atoms with Gasteiger partial charge in [0.15, 0.2) is 5.96 Å². The van der Waals surface area contributed by atoms with Gasteiger partial charge in [0.05, 0.1) is 29.8 Å². The summed E-state index contributed by atoms with van der Waals surface area (Å²) in [6.07, 6.45) is 0.780. The number of fused-ring (bicyclic) bond motifs is 3. The lowest BCUT2D eigenvalue weighted by atomic mass is 9.99. The van der Waals surface area contributed by atoms with Crippen LogP contribution in [0.1, 0.15) is 24.8 Å². The van der Waals surface area contributed by atoms with E-state index in [-0.39, 0.29) is 17.5 Å². The minimum Gasteiger partial charge on any atom is -0.458 e. The highest BCUT2D eigenvalue weighted by Gasteiger charge is 2.29. The highest BCUT2D eigenvalue weighted by molar-refractivity contribution is 5.90. The first-order chi connectivity index (χ1) is 14.6. The van der Waals surface area contributed by atoms with Crippen LogP contribution >= 0.6 is 0 Å². The maximum atomic E-state index is 12.9. The van der Waals surface area contributed by atoms with Crippen molar-refractivity contribution in [1.82, 2.24) is 10.2 Å². The van der Waals surface area contributed by atoms with E-state index in [9.17, 15) is 9.59 Å². The first kappa shape index (κ1) is 18.7. The van der Waals surface area contributed by atoms with Crippen molar-refractivity contribution in [3.05, 3.63) is 58.3 Å². The van der Waals surface area contributed by atoms with Gasteiger partial charge < -0.3 is 19.4 Å². The fraction of sp³-hybridized carbons (Fsp3) is 0.348. The molecule has 2 aliphatic rings. The molecule has 1 saturated heterocycles. The molecule has 30 heavy (non-hydrogen) atoms. The summed E-state index contributed by atoms with van der Waals surface area (Å²) in [5.41, 5.74) is 1.70. The number of hydrogen-bond donors (Lipinski definition) is 1. The number of rotatable bonds is 3. The minimum absolute atomic E-state index is 0.0963. The Hall–Kier alpha value is -3.35. The van der Waals surface area contributed by atoms with Crippen LogP contribution in [0.2, 0.25) is 0 Å². The van der Waals surface area contributed by atoms with E-state index in [1.807, 2.05) is 18.2 Å². The van der Waals surface area contributed by atoms with E-state index in [1.165, 1.54) is 0 Å². The molecule has 0 saturated carbocycles. The van der Waals surface area contributed by atoms with Gasteiger partial charge in [-0.25, -0.2) is 4.99 Å². The normalized spacial score (nSPS) is 19.7. The Morgan fingerprint density at radius 3 is 2.97 bits per heavy atom. The fourth-order valence-electron chi connectivity index (χ4n) is 4.08. The van der Waals surface area contributed by atoms with Gasteiger partial charge >= 0.3 is 5.97 Å². The van der Waals surface area contributed by atoms with Gasteiger partial charge in [-0.05, 0) is 43.2 Å². The SMILES string of the molecule is CC(C(=O)OC1CN=C2NCCCN2C1)c1ccc2oc3ccccc3c(=O)c2c1. The van der Waals surface area contributed by atoms with Crippen molar-refractivity contribution in [2.75, 3.05) is 26.2 Å². The Morgan fingerprint density at radius 2 is 2.07 bits per heavy atom. The number of aliphatic imine (C=N–C) groups is 1. The summed E-state index contributed by atoms with van der Waals surface area (Å²) in [6, 6.07) is 12.5. The monoisotopic (exact) mass is 405 g/mol. The van der Waals surface area contributed by atoms with Crippen LogP contribution in [0.3, 0.4) is 0 Å². The highest BCUT2D eigenvalue weighted by Crippen LogP contribution is 2.24. The number of carbonyl (C=O) groups is 1. The Balaban J connectivity index is 1.37. The Bertz CT molecular complexity index is 1220. The second-order valence-electron chi connectivity index (χ2n) is 7.85. The lowest BCUT2D eigenvalue weighted by Gasteiger charge is -2.37. The smallest absolute Gasteiger partial charge is 0.313 e. The molecule has 5 rings (SSSR count). The van der Waals surface area contributed by atoms with Gasteiger partial charge in [0.25, 0.3) is 0 Å². The number of hydrogen-bond acceptors (Lipinski definition) is 7. The van der Waals surface area contributed by atoms with Gasteiger partial charge in [0.1, 0.15) is 17.3 Å². The summed E-state index contributed by atoms with van der Waals surface area (Å²) in [5, 5.41) is 4.28.